The number of rotatable bonds is 0. The molecule has 0 unspecified atom stereocenters. The Kier molecular flexibility index (Phi) is 19.9. The average Bonchev–Trinajstić information content (AvgIpc) is 0.918. The van der Waals surface area contributed by atoms with Crippen molar-refractivity contribution >= 4 is 28.8 Å². The molecule has 0 rings (SSSR count). The minimum atomic E-state index is 0. The van der Waals surface area contributed by atoms with E-state index in [4.69, 9.17) is 20.4 Å². The SMILES string of the molecule is [B].[Cl][Ni][Cl]. The molecule has 0 aromatic carbocycles. The Morgan fingerprint density at radius 1 is 1.25 bits per heavy atom. The summed E-state index contributed by atoms with van der Waals surface area (Å²) in [6, 6.07) is 0. The van der Waals surface area contributed by atoms with Gasteiger partial charge in [0.25, 0.3) is 0 Å². The van der Waals surface area contributed by atoms with E-state index in [1.54, 1.807) is 0 Å². The van der Waals surface area contributed by atoms with E-state index in [-0.39, 0.29) is 8.41 Å². The maximum absolute atomic E-state index is 4.70. The normalized spacial score (nSPS) is 5.50. The summed E-state index contributed by atoms with van der Waals surface area (Å²) in [5, 5.41) is 0. The van der Waals surface area contributed by atoms with Gasteiger partial charge >= 0.3 is 33.0 Å². The first-order chi connectivity index (χ1) is 1.41. The molecule has 0 aliphatic carbocycles. The van der Waals surface area contributed by atoms with Crippen LogP contribution in [0.2, 0.25) is 0 Å². The molecule has 0 N–H and O–H groups in total. The molecule has 3 radical (unpaired) electrons. The third-order valence-corrected chi connectivity index (χ3v) is 0. The molecular weight excluding hydrogens is 140 g/mol. The summed E-state index contributed by atoms with van der Waals surface area (Å²) in [4.78, 5) is 0. The van der Waals surface area contributed by atoms with Gasteiger partial charge in [-0.25, -0.2) is 0 Å². The van der Waals surface area contributed by atoms with E-state index in [9.17, 15) is 0 Å². The van der Waals surface area contributed by atoms with Crippen LogP contribution in [0, 0.1) is 0 Å². The van der Waals surface area contributed by atoms with Gasteiger partial charge < -0.3 is 0 Å². The van der Waals surface area contributed by atoms with Crippen LogP contribution in [0.25, 0.3) is 0 Å². The van der Waals surface area contributed by atoms with Gasteiger partial charge in [0.2, 0.25) is 0 Å². The van der Waals surface area contributed by atoms with Crippen molar-refractivity contribution in [2.75, 3.05) is 0 Å². The van der Waals surface area contributed by atoms with Gasteiger partial charge in [-0.05, 0) is 0 Å². The Morgan fingerprint density at radius 3 is 1.25 bits per heavy atom. The van der Waals surface area contributed by atoms with Crippen molar-refractivity contribution in [1.29, 1.82) is 0 Å². The molecule has 0 aromatic rings. The molecule has 4 heteroatoms. The molecule has 0 spiro atoms. The molecule has 0 nitrogen and oxygen atoms in total. The fraction of sp³-hybridized carbons (Fsp3) is 0. The summed E-state index contributed by atoms with van der Waals surface area (Å²) in [6.45, 7) is 0. The number of halogens is 2. The van der Waals surface area contributed by atoms with E-state index in [1.165, 1.54) is 0 Å². The Balaban J connectivity index is 0. The summed E-state index contributed by atoms with van der Waals surface area (Å²) < 4.78 is 0. The second-order valence-electron chi connectivity index (χ2n) is 0.0452. The predicted molar refractivity (Wildman–Crippen MR) is 17.5 cm³/mol. The maximum atomic E-state index is 4.70. The van der Waals surface area contributed by atoms with Crippen LogP contribution in [0.3, 0.4) is 0 Å². The second-order valence-corrected chi connectivity index (χ2v) is 1.68. The van der Waals surface area contributed by atoms with Gasteiger partial charge in [0.15, 0.2) is 0 Å². The third-order valence-electron chi connectivity index (χ3n) is 0. The number of hydrogen-bond donors (Lipinski definition) is 0. The first-order valence-electron chi connectivity index (χ1n) is 0.239. The molecule has 0 bridgehead atoms. The van der Waals surface area contributed by atoms with E-state index >= 15 is 0 Å². The van der Waals surface area contributed by atoms with Crippen LogP contribution in [0.1, 0.15) is 0 Å². The fourth-order valence-electron chi connectivity index (χ4n) is 0. The van der Waals surface area contributed by atoms with E-state index in [0.29, 0.717) is 12.7 Å². The first kappa shape index (κ1) is 8.93. The summed E-state index contributed by atoms with van der Waals surface area (Å²) in [7, 11) is 9.40. The predicted octanol–water partition coefficient (Wildman–Crippen LogP) is 0.996. The Labute approximate surface area is 41.8 Å². The molecule has 0 heterocycles. The minimum absolute atomic E-state index is 0. The van der Waals surface area contributed by atoms with Gasteiger partial charge in [0.1, 0.15) is 0 Å². The van der Waals surface area contributed by atoms with Crippen LogP contribution < -0.4 is 0 Å². The monoisotopic (exact) mass is 139 g/mol. The summed E-state index contributed by atoms with van der Waals surface area (Å²) in [5.41, 5.74) is 0. The molecule has 0 aliphatic rings. The van der Waals surface area contributed by atoms with Gasteiger partial charge in [0.05, 0.1) is 0 Å². The molecule has 0 fully saturated rings. The quantitative estimate of drug-likeness (QED) is 0.440. The van der Waals surface area contributed by atoms with E-state index < -0.39 is 0 Å². The average molecular weight is 140 g/mol. The molecule has 0 saturated carbocycles. The molecule has 4 heavy (non-hydrogen) atoms. The molecule has 0 atom stereocenters. The zero-order valence-electron chi connectivity index (χ0n) is 1.65. The summed E-state index contributed by atoms with van der Waals surface area (Å²) >= 11 is 0.569. The molecular formula is BCl2Ni. The fourth-order valence-corrected chi connectivity index (χ4v) is 0. The van der Waals surface area contributed by atoms with Crippen LogP contribution >= 0.6 is 20.4 Å². The topological polar surface area (TPSA) is 0 Å². The van der Waals surface area contributed by atoms with Crippen molar-refractivity contribution < 1.29 is 12.7 Å². The molecule has 0 aliphatic heterocycles. The third kappa shape index (κ3) is 11.1. The molecule has 27 valence electrons. The van der Waals surface area contributed by atoms with Crippen molar-refractivity contribution in [3.8, 4) is 0 Å². The van der Waals surface area contributed by atoms with Crippen LogP contribution in [0.5, 0.6) is 0 Å². The van der Waals surface area contributed by atoms with Crippen molar-refractivity contribution in [2.45, 2.75) is 0 Å². The zero-order valence-corrected chi connectivity index (χ0v) is 4.15. The van der Waals surface area contributed by atoms with Crippen molar-refractivity contribution in [1.82, 2.24) is 0 Å². The van der Waals surface area contributed by atoms with Crippen LogP contribution in [-0.4, -0.2) is 8.41 Å². The Morgan fingerprint density at radius 2 is 1.25 bits per heavy atom. The zero-order chi connectivity index (χ0) is 2.71. The summed E-state index contributed by atoms with van der Waals surface area (Å²) in [6.07, 6.45) is 0. The van der Waals surface area contributed by atoms with Gasteiger partial charge in [0, 0.05) is 8.41 Å². The van der Waals surface area contributed by atoms with Crippen molar-refractivity contribution in [3.63, 3.8) is 0 Å². The van der Waals surface area contributed by atoms with E-state index in [1.807, 2.05) is 0 Å². The van der Waals surface area contributed by atoms with Gasteiger partial charge in [-0.15, -0.1) is 0 Å². The van der Waals surface area contributed by atoms with Crippen LogP contribution in [0.4, 0.5) is 0 Å². The summed E-state index contributed by atoms with van der Waals surface area (Å²) in [5.74, 6) is 0. The molecule has 0 amide bonds. The van der Waals surface area contributed by atoms with E-state index in [2.05, 4.69) is 0 Å². The van der Waals surface area contributed by atoms with Gasteiger partial charge in [-0.2, -0.15) is 0 Å². The van der Waals surface area contributed by atoms with Gasteiger partial charge in [-0.3, -0.25) is 0 Å². The van der Waals surface area contributed by atoms with Crippen molar-refractivity contribution in [2.24, 2.45) is 0 Å². The van der Waals surface area contributed by atoms with Crippen molar-refractivity contribution in [3.05, 3.63) is 0 Å². The Bertz CT molecular complexity index is 6.00. The van der Waals surface area contributed by atoms with Gasteiger partial charge in [-0.1, -0.05) is 0 Å². The number of hydrogen-bond acceptors (Lipinski definition) is 0. The molecule has 0 aromatic heterocycles. The Hall–Kier alpha value is 1.14. The molecule has 0 saturated heterocycles. The second kappa shape index (κ2) is 8.91. The first-order valence-corrected chi connectivity index (χ1v) is 2.96. The standard InChI is InChI=1S/B.2ClH.Ni/h;2*1H;/q;;;+2/p-2. The van der Waals surface area contributed by atoms with Crippen LogP contribution in [-0.2, 0) is 12.7 Å². The van der Waals surface area contributed by atoms with E-state index in [0.717, 1.165) is 0 Å². The van der Waals surface area contributed by atoms with Crippen LogP contribution in [0.15, 0.2) is 0 Å².